The maximum Gasteiger partial charge on any atom is 0.303 e. The van der Waals surface area contributed by atoms with Crippen LogP contribution < -0.4 is 16.4 Å². The van der Waals surface area contributed by atoms with E-state index in [4.69, 9.17) is 16.6 Å². The largest absolute Gasteiger partial charge is 0.666 e. The van der Waals surface area contributed by atoms with Crippen molar-refractivity contribution in [1.82, 2.24) is 15.5 Å². The number of hydrogen-bond donors (Lipinski definition) is 4. The third kappa shape index (κ3) is 79.3. The SMILES string of the molecule is CC.CC(C)([NH-])C=O.CCC/C=C(/CCC(C=O)NC)NCCCCC(N)C=O.CN(C)C[C-]=O.O=CCCCCCCCCCCCCCCC(=O)O.[B]C.[Y]. The average molecular weight is 885 g/mol. The first-order valence-electron chi connectivity index (χ1n) is 21.0. The first kappa shape index (κ1) is 70.0. The van der Waals surface area contributed by atoms with E-state index in [9.17, 15) is 28.8 Å². The zero-order valence-corrected chi connectivity index (χ0v) is 40.7. The molecule has 0 rings (SSSR count). The van der Waals surface area contributed by atoms with Crippen molar-refractivity contribution in [1.29, 1.82) is 0 Å². The van der Waals surface area contributed by atoms with E-state index in [2.05, 4.69) is 31.5 Å². The van der Waals surface area contributed by atoms with Crippen LogP contribution in [0.1, 0.15) is 169 Å². The molecule has 333 valence electrons. The number of carbonyl (C=O) groups excluding carboxylic acids is 5. The van der Waals surface area contributed by atoms with Gasteiger partial charge in [0, 0.05) is 57.8 Å². The zero-order chi connectivity index (χ0) is 44.3. The molecule has 6 N–H and O–H groups in total. The van der Waals surface area contributed by atoms with Gasteiger partial charge in [0.15, 0.2) is 0 Å². The summed E-state index contributed by atoms with van der Waals surface area (Å²) in [5.74, 6) is -0.673. The van der Waals surface area contributed by atoms with Crippen molar-refractivity contribution in [3.05, 3.63) is 17.5 Å². The number of likely N-dealkylation sites (N-methyl/N-ethyl adjacent to an activating group) is 2. The van der Waals surface area contributed by atoms with E-state index in [0.717, 1.165) is 96.0 Å². The van der Waals surface area contributed by atoms with Gasteiger partial charge in [0.25, 0.3) is 0 Å². The van der Waals surface area contributed by atoms with E-state index in [1.807, 2.05) is 27.9 Å². The Labute approximate surface area is 376 Å². The molecule has 0 aliphatic carbocycles. The molecule has 0 aromatic heterocycles. The standard InChI is InChI=1S/C16H31N3O2.C16H30O3.2C4H8NO.C2H6.CH3B.Y/c1-3-4-8-15(9-10-16(13-21)18-2)19-11-6-5-7-14(17)12-20;17-15-13-11-9-7-5-3-1-2-4-6-8-10-12-14-16(18)19;1-5(2)3-4-6;1-4(2,5)3-6;2*1-2;/h8,12-14,16,18-19H,3-7,9-11,17H2,1-2H3;15H,1-14H2,(H,18,19);3H2,1-2H3;3,5H,1-2H3;1-2H3;1H3;/q;;2*-1;;;/b15-8-;;;;;;. The summed E-state index contributed by atoms with van der Waals surface area (Å²) in [4.78, 5) is 62.5. The first-order chi connectivity index (χ1) is 26.8. The predicted molar refractivity (Wildman–Crippen MR) is 237 cm³/mol. The van der Waals surface area contributed by atoms with Gasteiger partial charge < -0.3 is 56.1 Å². The van der Waals surface area contributed by atoms with Gasteiger partial charge in [-0.05, 0) is 72.5 Å². The molecule has 0 bridgehead atoms. The summed E-state index contributed by atoms with van der Waals surface area (Å²) in [7, 11) is 9.95. The van der Waals surface area contributed by atoms with Gasteiger partial charge in [-0.25, -0.2) is 6.29 Å². The smallest absolute Gasteiger partial charge is 0.303 e. The fraction of sp³-hybridized carbons (Fsp3) is 0.814. The second-order valence-electron chi connectivity index (χ2n) is 13.9. The number of aliphatic carboxylic acids is 1. The molecular formula is C43H86BN5O7Y-2. The van der Waals surface area contributed by atoms with Crippen LogP contribution in [0.2, 0.25) is 6.82 Å². The Morgan fingerprint density at radius 1 is 0.825 bits per heavy atom. The summed E-state index contributed by atoms with van der Waals surface area (Å²) in [5, 5.41) is 14.9. The van der Waals surface area contributed by atoms with Crippen molar-refractivity contribution < 1.29 is 66.6 Å². The summed E-state index contributed by atoms with van der Waals surface area (Å²) in [6.45, 7) is 12.0. The molecule has 0 aromatic rings. The summed E-state index contributed by atoms with van der Waals surface area (Å²) < 4.78 is 0. The van der Waals surface area contributed by atoms with Crippen molar-refractivity contribution >= 4 is 45.2 Å². The van der Waals surface area contributed by atoms with Crippen LogP contribution in [0, 0.1) is 0 Å². The Morgan fingerprint density at radius 3 is 1.63 bits per heavy atom. The van der Waals surface area contributed by atoms with E-state index >= 15 is 0 Å². The Kier molecular flexibility index (Phi) is 74.9. The van der Waals surface area contributed by atoms with Gasteiger partial charge in [0.1, 0.15) is 25.1 Å². The minimum Gasteiger partial charge on any atom is -0.666 e. The monoisotopic (exact) mass is 885 g/mol. The Bertz CT molecular complexity index is 879. The molecule has 57 heavy (non-hydrogen) atoms. The van der Waals surface area contributed by atoms with Crippen LogP contribution in [0.4, 0.5) is 0 Å². The van der Waals surface area contributed by atoms with Gasteiger partial charge in [-0.3, -0.25) is 4.79 Å². The molecule has 12 nitrogen and oxygen atoms in total. The quantitative estimate of drug-likeness (QED) is 0.0220. The zero-order valence-electron chi connectivity index (χ0n) is 37.9. The van der Waals surface area contributed by atoms with Crippen LogP contribution in [-0.4, -0.2) is 107 Å². The molecule has 0 aliphatic rings. The average Bonchev–Trinajstić information content (AvgIpc) is 3.18. The van der Waals surface area contributed by atoms with Crippen LogP contribution in [0.3, 0.4) is 0 Å². The molecule has 0 saturated heterocycles. The third-order valence-corrected chi connectivity index (χ3v) is 7.57. The number of unbranched alkanes of at least 4 members (excludes halogenated alkanes) is 14. The molecule has 14 heteroatoms. The molecule has 2 unspecified atom stereocenters. The maximum atomic E-state index is 10.8. The van der Waals surface area contributed by atoms with Crippen molar-refractivity contribution in [2.45, 2.75) is 194 Å². The Hall–Kier alpha value is -1.63. The molecule has 0 aliphatic heterocycles. The van der Waals surface area contributed by atoms with Crippen LogP contribution in [0.25, 0.3) is 5.73 Å². The van der Waals surface area contributed by atoms with E-state index in [1.54, 1.807) is 32.1 Å². The van der Waals surface area contributed by atoms with Gasteiger partial charge >= 0.3 is 5.97 Å². The number of nitrogens with one attached hydrogen (secondary N) is 3. The predicted octanol–water partition coefficient (Wildman–Crippen LogP) is 8.16. The number of carboxylic acid groups (broad SMARTS) is 1. The summed E-state index contributed by atoms with van der Waals surface area (Å²) in [5.41, 5.74) is 12.7. The molecule has 0 spiro atoms. The molecule has 0 saturated carbocycles. The number of carbonyl (C=O) groups is 5. The molecule has 2 atom stereocenters. The topological polar surface area (TPSA) is 200 Å². The number of hydrogen-bond acceptors (Lipinski definition) is 10. The van der Waals surface area contributed by atoms with Gasteiger partial charge in [-0.2, -0.15) is 0 Å². The molecule has 0 fully saturated rings. The normalized spacial score (nSPS) is 11.2. The minimum absolute atomic E-state index is 0. The number of nitrogens with zero attached hydrogens (tertiary/aromatic N) is 1. The number of carboxylic acids is 1. The van der Waals surface area contributed by atoms with E-state index in [1.165, 1.54) is 70.3 Å². The molecule has 0 amide bonds. The number of rotatable bonds is 32. The second-order valence-corrected chi connectivity index (χ2v) is 13.9. The Morgan fingerprint density at radius 2 is 1.30 bits per heavy atom. The van der Waals surface area contributed by atoms with Crippen LogP contribution in [-0.2, 0) is 61.5 Å². The first-order valence-corrected chi connectivity index (χ1v) is 21.0. The fourth-order valence-corrected chi connectivity index (χ4v) is 4.40. The van der Waals surface area contributed by atoms with E-state index in [0.29, 0.717) is 19.3 Å². The molecule has 0 heterocycles. The van der Waals surface area contributed by atoms with Crippen molar-refractivity contribution in [3.8, 4) is 0 Å². The molecule has 3 radical (unpaired) electrons. The van der Waals surface area contributed by atoms with Crippen molar-refractivity contribution in [3.63, 3.8) is 0 Å². The fourth-order valence-electron chi connectivity index (χ4n) is 4.40. The van der Waals surface area contributed by atoms with Gasteiger partial charge in [-0.15, -0.1) is 0 Å². The van der Waals surface area contributed by atoms with Gasteiger partial charge in [-0.1, -0.05) is 130 Å². The number of aldehydes is 4. The van der Waals surface area contributed by atoms with Gasteiger partial charge in [0.05, 0.1) is 19.9 Å². The number of allylic oxidation sites excluding steroid dienone is 2. The van der Waals surface area contributed by atoms with Gasteiger partial charge in [0.2, 0.25) is 0 Å². The van der Waals surface area contributed by atoms with Crippen LogP contribution in [0.15, 0.2) is 11.8 Å². The number of nitrogens with two attached hydrogens (primary N) is 1. The minimum atomic E-state index is -0.889. The second kappa shape index (κ2) is 61.0. The summed E-state index contributed by atoms with van der Waals surface area (Å²) in [6, 6.07) is -0.411. The van der Waals surface area contributed by atoms with E-state index < -0.39 is 11.5 Å². The van der Waals surface area contributed by atoms with Crippen molar-refractivity contribution in [2.24, 2.45) is 5.73 Å². The van der Waals surface area contributed by atoms with Crippen LogP contribution >= 0.6 is 0 Å². The Balaban J connectivity index is -0.000000126. The molecular weight excluding hydrogens is 798 g/mol. The van der Waals surface area contributed by atoms with Crippen LogP contribution in [0.5, 0.6) is 0 Å². The van der Waals surface area contributed by atoms with E-state index in [-0.39, 0.29) is 44.8 Å². The maximum absolute atomic E-state index is 10.8. The molecule has 0 aromatic carbocycles. The summed E-state index contributed by atoms with van der Waals surface area (Å²) in [6.07, 6.45) is 29.3. The van der Waals surface area contributed by atoms with Crippen molar-refractivity contribution in [2.75, 3.05) is 34.2 Å². The summed E-state index contributed by atoms with van der Waals surface area (Å²) >= 11 is 0. The third-order valence-electron chi connectivity index (χ3n) is 7.57.